The van der Waals surface area contributed by atoms with Gasteiger partial charge in [-0.1, -0.05) is 37.3 Å². The van der Waals surface area contributed by atoms with Crippen LogP contribution in [0.1, 0.15) is 32.8 Å². The van der Waals surface area contributed by atoms with Crippen molar-refractivity contribution in [3.63, 3.8) is 0 Å². The Bertz CT molecular complexity index is 636. The van der Waals surface area contributed by atoms with Crippen molar-refractivity contribution in [2.45, 2.75) is 33.8 Å². The summed E-state index contributed by atoms with van der Waals surface area (Å²) in [6, 6.07) is 10.1. The molecule has 154 valence electrons. The Morgan fingerprint density at radius 2 is 1.89 bits per heavy atom. The molecule has 0 aromatic heterocycles. The van der Waals surface area contributed by atoms with Crippen molar-refractivity contribution in [1.29, 1.82) is 0 Å². The zero-order valence-electron chi connectivity index (χ0n) is 16.7. The molecule has 1 unspecified atom stereocenters. The van der Waals surface area contributed by atoms with Crippen molar-refractivity contribution in [2.75, 3.05) is 38.5 Å². The van der Waals surface area contributed by atoms with Gasteiger partial charge in [-0.05, 0) is 31.7 Å². The second-order valence-corrected chi connectivity index (χ2v) is 8.50. The number of benzene rings is 1. The number of nitrogens with one attached hydrogen (secondary N) is 3. The Kier molecular flexibility index (Phi) is 11.7. The smallest absolute Gasteiger partial charge is 0.211 e. The van der Waals surface area contributed by atoms with E-state index in [0.29, 0.717) is 45.2 Å². The summed E-state index contributed by atoms with van der Waals surface area (Å²) in [4.78, 5) is 4.58. The van der Waals surface area contributed by atoms with Crippen molar-refractivity contribution < 1.29 is 13.2 Å². The minimum atomic E-state index is -3.12. The average molecular weight is 399 g/mol. The Labute approximate surface area is 164 Å². The van der Waals surface area contributed by atoms with E-state index >= 15 is 0 Å². The minimum absolute atomic E-state index is 0.106. The van der Waals surface area contributed by atoms with Crippen LogP contribution in [0.5, 0.6) is 0 Å². The lowest BCUT2D eigenvalue weighted by atomic mass is 10.2. The first-order chi connectivity index (χ1) is 13.0. The molecular formula is C19H34N4O3S. The quantitative estimate of drug-likeness (QED) is 0.267. The van der Waals surface area contributed by atoms with Crippen LogP contribution in [0.25, 0.3) is 0 Å². The number of sulfonamides is 1. The highest BCUT2D eigenvalue weighted by Gasteiger charge is 2.06. The van der Waals surface area contributed by atoms with Gasteiger partial charge in [0, 0.05) is 26.2 Å². The maximum Gasteiger partial charge on any atom is 0.211 e. The monoisotopic (exact) mass is 398 g/mol. The molecule has 0 bridgehead atoms. The van der Waals surface area contributed by atoms with Crippen LogP contribution in [0.4, 0.5) is 0 Å². The van der Waals surface area contributed by atoms with Crippen LogP contribution in [-0.4, -0.2) is 52.9 Å². The minimum Gasteiger partial charge on any atom is -0.376 e. The standard InChI is InChI=1S/C19H34N4O3S/c1-4-20-19(21-12-9-13-23-27(24,25)5-2)22-14-17(3)15-26-16-18-10-7-6-8-11-18/h6-8,10-11,17,23H,4-5,9,12-16H2,1-3H3,(H2,20,21,22). The van der Waals surface area contributed by atoms with E-state index in [9.17, 15) is 8.42 Å². The van der Waals surface area contributed by atoms with Crippen LogP contribution in [0, 0.1) is 5.92 Å². The summed E-state index contributed by atoms with van der Waals surface area (Å²) in [6.07, 6.45) is 0.694. The van der Waals surface area contributed by atoms with Gasteiger partial charge in [0.25, 0.3) is 0 Å². The largest absolute Gasteiger partial charge is 0.376 e. The third kappa shape index (κ3) is 11.6. The van der Waals surface area contributed by atoms with Gasteiger partial charge < -0.3 is 15.4 Å². The Morgan fingerprint density at radius 3 is 2.56 bits per heavy atom. The van der Waals surface area contributed by atoms with Crippen LogP contribution >= 0.6 is 0 Å². The van der Waals surface area contributed by atoms with Gasteiger partial charge in [-0.15, -0.1) is 0 Å². The topological polar surface area (TPSA) is 91.8 Å². The number of hydrogen-bond donors (Lipinski definition) is 3. The van der Waals surface area contributed by atoms with Gasteiger partial charge in [0.2, 0.25) is 10.0 Å². The Morgan fingerprint density at radius 1 is 1.15 bits per heavy atom. The highest BCUT2D eigenvalue weighted by molar-refractivity contribution is 7.89. The van der Waals surface area contributed by atoms with Crippen molar-refractivity contribution >= 4 is 16.0 Å². The summed E-state index contributed by atoms with van der Waals surface area (Å²) >= 11 is 0. The molecule has 0 aliphatic carbocycles. The summed E-state index contributed by atoms with van der Waals surface area (Å²) in [5.41, 5.74) is 1.17. The van der Waals surface area contributed by atoms with Crippen molar-refractivity contribution in [1.82, 2.24) is 15.4 Å². The number of rotatable bonds is 13. The molecule has 0 heterocycles. The lowest BCUT2D eigenvalue weighted by Crippen LogP contribution is -2.39. The van der Waals surface area contributed by atoms with Crippen LogP contribution in [0.15, 0.2) is 35.3 Å². The number of ether oxygens (including phenoxy) is 1. The van der Waals surface area contributed by atoms with Gasteiger partial charge in [-0.3, -0.25) is 4.99 Å². The van der Waals surface area contributed by atoms with E-state index < -0.39 is 10.0 Å². The fraction of sp³-hybridized carbons (Fsp3) is 0.632. The molecule has 3 N–H and O–H groups in total. The van der Waals surface area contributed by atoms with Gasteiger partial charge in [0.05, 0.1) is 19.0 Å². The molecule has 1 aromatic rings. The number of aliphatic imine (C=N–C) groups is 1. The molecule has 27 heavy (non-hydrogen) atoms. The fourth-order valence-electron chi connectivity index (χ4n) is 2.22. The third-order valence-electron chi connectivity index (χ3n) is 3.77. The van der Waals surface area contributed by atoms with Crippen LogP contribution in [0.2, 0.25) is 0 Å². The molecule has 0 amide bonds. The predicted molar refractivity (Wildman–Crippen MR) is 111 cm³/mol. The van der Waals surface area contributed by atoms with Gasteiger partial charge >= 0.3 is 0 Å². The van der Waals surface area contributed by atoms with Gasteiger partial charge in [0.1, 0.15) is 0 Å². The van der Waals surface area contributed by atoms with Crippen LogP contribution in [0.3, 0.4) is 0 Å². The molecule has 1 aromatic carbocycles. The molecule has 7 nitrogen and oxygen atoms in total. The van der Waals surface area contributed by atoms with Gasteiger partial charge in [-0.2, -0.15) is 0 Å². The number of hydrogen-bond acceptors (Lipinski definition) is 4. The first-order valence-electron chi connectivity index (χ1n) is 9.58. The van der Waals surface area contributed by atoms with Crippen molar-refractivity contribution in [2.24, 2.45) is 10.9 Å². The molecule has 8 heteroatoms. The second kappa shape index (κ2) is 13.5. The summed E-state index contributed by atoms with van der Waals surface area (Å²) < 4.78 is 31.1. The van der Waals surface area contributed by atoms with Gasteiger partial charge in [0.15, 0.2) is 5.96 Å². The van der Waals surface area contributed by atoms with E-state index in [2.05, 4.69) is 39.4 Å². The average Bonchev–Trinajstić information content (AvgIpc) is 2.66. The Balaban J connectivity index is 2.26. The third-order valence-corrected chi connectivity index (χ3v) is 5.17. The lowest BCUT2D eigenvalue weighted by Gasteiger charge is -2.14. The molecule has 0 spiro atoms. The second-order valence-electron chi connectivity index (χ2n) is 6.40. The normalized spacial score (nSPS) is 13.4. The highest BCUT2D eigenvalue weighted by Crippen LogP contribution is 2.03. The predicted octanol–water partition coefficient (Wildman–Crippen LogP) is 1.72. The molecule has 0 saturated carbocycles. The first kappa shape index (κ1) is 23.4. The molecule has 0 aliphatic rings. The molecular weight excluding hydrogens is 364 g/mol. The summed E-state index contributed by atoms with van der Waals surface area (Å²) in [6.45, 7) is 9.51. The lowest BCUT2D eigenvalue weighted by molar-refractivity contribution is 0.0945. The molecule has 0 saturated heterocycles. The zero-order chi connectivity index (χ0) is 20.0. The van der Waals surface area contributed by atoms with E-state index in [4.69, 9.17) is 4.74 Å². The first-order valence-corrected chi connectivity index (χ1v) is 11.2. The molecule has 0 aliphatic heterocycles. The number of guanidine groups is 1. The number of nitrogens with zero attached hydrogens (tertiary/aromatic N) is 1. The fourth-order valence-corrected chi connectivity index (χ4v) is 2.88. The van der Waals surface area contributed by atoms with E-state index in [1.165, 1.54) is 5.56 Å². The van der Waals surface area contributed by atoms with Crippen molar-refractivity contribution in [3.05, 3.63) is 35.9 Å². The van der Waals surface area contributed by atoms with E-state index in [-0.39, 0.29) is 5.75 Å². The van der Waals surface area contributed by atoms with Crippen LogP contribution < -0.4 is 15.4 Å². The van der Waals surface area contributed by atoms with Crippen molar-refractivity contribution in [3.8, 4) is 0 Å². The zero-order valence-corrected chi connectivity index (χ0v) is 17.5. The van der Waals surface area contributed by atoms with E-state index in [0.717, 1.165) is 12.5 Å². The molecule has 0 radical (unpaired) electrons. The van der Waals surface area contributed by atoms with Crippen LogP contribution in [-0.2, 0) is 21.4 Å². The van der Waals surface area contributed by atoms with E-state index in [1.807, 2.05) is 25.1 Å². The maximum absolute atomic E-state index is 11.4. The summed E-state index contributed by atoms with van der Waals surface area (Å²) in [5.74, 6) is 1.15. The summed E-state index contributed by atoms with van der Waals surface area (Å²) in [7, 11) is -3.12. The Hall–Kier alpha value is -1.64. The highest BCUT2D eigenvalue weighted by atomic mass is 32.2. The maximum atomic E-state index is 11.4. The molecule has 1 rings (SSSR count). The van der Waals surface area contributed by atoms with Gasteiger partial charge in [-0.25, -0.2) is 13.1 Å². The van der Waals surface area contributed by atoms with E-state index in [1.54, 1.807) is 6.92 Å². The summed E-state index contributed by atoms with van der Waals surface area (Å²) in [5, 5.41) is 6.42. The SMILES string of the molecule is CCNC(=NCC(C)COCc1ccccc1)NCCCNS(=O)(=O)CC. The molecule has 0 fully saturated rings. The molecule has 1 atom stereocenters.